The molecule has 1 aromatic heterocycles. The second-order valence-electron chi connectivity index (χ2n) is 5.99. The van der Waals surface area contributed by atoms with Gasteiger partial charge in [-0.15, -0.1) is 0 Å². The van der Waals surface area contributed by atoms with Crippen LogP contribution in [0.4, 0.5) is 0 Å². The standard InChI is InChI=1S/C19H27ClN4O/c1-5-21-19(24(3)13-18-10-17(20)12-23(18)2)22-11-15-8-6-7-9-16(15)14-25-4/h6-10,12H,5,11,13-14H2,1-4H3,(H,21,22). The third-order valence-corrected chi connectivity index (χ3v) is 4.19. The van der Waals surface area contributed by atoms with Gasteiger partial charge in [-0.3, -0.25) is 0 Å². The van der Waals surface area contributed by atoms with Crippen molar-refractivity contribution in [1.82, 2.24) is 14.8 Å². The number of ether oxygens (including phenoxy) is 1. The fourth-order valence-corrected chi connectivity index (χ4v) is 2.95. The summed E-state index contributed by atoms with van der Waals surface area (Å²) >= 11 is 6.08. The molecule has 0 saturated heterocycles. The molecule has 0 spiro atoms. The summed E-state index contributed by atoms with van der Waals surface area (Å²) in [4.78, 5) is 6.90. The van der Waals surface area contributed by atoms with Crippen molar-refractivity contribution in [3.05, 3.63) is 58.4 Å². The van der Waals surface area contributed by atoms with Crippen molar-refractivity contribution < 1.29 is 4.74 Å². The Balaban J connectivity index is 2.13. The van der Waals surface area contributed by atoms with E-state index < -0.39 is 0 Å². The van der Waals surface area contributed by atoms with Crippen LogP contribution in [0.15, 0.2) is 41.5 Å². The lowest BCUT2D eigenvalue weighted by atomic mass is 10.1. The number of halogens is 1. The normalized spacial score (nSPS) is 11.6. The predicted octanol–water partition coefficient (Wildman–Crippen LogP) is 3.42. The molecule has 5 nitrogen and oxygen atoms in total. The first kappa shape index (κ1) is 19.3. The Morgan fingerprint density at radius 1 is 1.32 bits per heavy atom. The molecular formula is C19H27ClN4O. The van der Waals surface area contributed by atoms with Crippen molar-refractivity contribution in [2.45, 2.75) is 26.6 Å². The summed E-state index contributed by atoms with van der Waals surface area (Å²) < 4.78 is 7.31. The number of methoxy groups -OCH3 is 1. The van der Waals surface area contributed by atoms with Crippen LogP contribution in [0.5, 0.6) is 0 Å². The van der Waals surface area contributed by atoms with Gasteiger partial charge in [-0.25, -0.2) is 4.99 Å². The molecule has 1 heterocycles. The second kappa shape index (κ2) is 9.49. The van der Waals surface area contributed by atoms with Crippen LogP contribution in [0.3, 0.4) is 0 Å². The summed E-state index contributed by atoms with van der Waals surface area (Å²) in [6, 6.07) is 10.2. The van der Waals surface area contributed by atoms with Crippen molar-refractivity contribution in [1.29, 1.82) is 0 Å². The molecule has 0 fully saturated rings. The zero-order chi connectivity index (χ0) is 18.2. The Morgan fingerprint density at radius 3 is 2.64 bits per heavy atom. The van der Waals surface area contributed by atoms with Crippen LogP contribution in [-0.2, 0) is 31.5 Å². The third kappa shape index (κ3) is 5.51. The fourth-order valence-electron chi connectivity index (χ4n) is 2.68. The van der Waals surface area contributed by atoms with Gasteiger partial charge in [0.2, 0.25) is 0 Å². The summed E-state index contributed by atoms with van der Waals surface area (Å²) in [5, 5.41) is 4.10. The fraction of sp³-hybridized carbons (Fsp3) is 0.421. The lowest BCUT2D eigenvalue weighted by molar-refractivity contribution is 0.184. The number of hydrogen-bond donors (Lipinski definition) is 1. The number of nitrogens with zero attached hydrogens (tertiary/aromatic N) is 3. The van der Waals surface area contributed by atoms with Crippen molar-refractivity contribution in [2.24, 2.45) is 12.0 Å². The number of aryl methyl sites for hydroxylation is 1. The Hall–Kier alpha value is -1.98. The molecule has 2 rings (SSSR count). The van der Waals surface area contributed by atoms with E-state index in [2.05, 4.69) is 29.3 Å². The lowest BCUT2D eigenvalue weighted by Gasteiger charge is -2.22. The zero-order valence-corrected chi connectivity index (χ0v) is 16.2. The van der Waals surface area contributed by atoms with Crippen molar-refractivity contribution >= 4 is 17.6 Å². The highest BCUT2D eigenvalue weighted by atomic mass is 35.5. The van der Waals surface area contributed by atoms with E-state index in [1.165, 1.54) is 11.1 Å². The molecule has 1 aromatic carbocycles. The number of guanidine groups is 1. The number of hydrogen-bond acceptors (Lipinski definition) is 2. The molecule has 1 N–H and O–H groups in total. The first-order valence-corrected chi connectivity index (χ1v) is 8.78. The van der Waals surface area contributed by atoms with Gasteiger partial charge in [0.1, 0.15) is 0 Å². The Morgan fingerprint density at radius 2 is 2.04 bits per heavy atom. The first-order valence-electron chi connectivity index (χ1n) is 8.41. The van der Waals surface area contributed by atoms with E-state index >= 15 is 0 Å². The summed E-state index contributed by atoms with van der Waals surface area (Å²) in [5.74, 6) is 0.868. The van der Waals surface area contributed by atoms with Crippen LogP contribution >= 0.6 is 11.6 Å². The molecule has 0 saturated carbocycles. The Kier molecular flexibility index (Phi) is 7.34. The van der Waals surface area contributed by atoms with Gasteiger partial charge in [-0.2, -0.15) is 0 Å². The van der Waals surface area contributed by atoms with Gasteiger partial charge < -0.3 is 19.5 Å². The van der Waals surface area contributed by atoms with Crippen LogP contribution in [0.25, 0.3) is 0 Å². The van der Waals surface area contributed by atoms with Crippen LogP contribution in [0.2, 0.25) is 5.02 Å². The van der Waals surface area contributed by atoms with E-state index in [0.717, 1.165) is 29.8 Å². The molecule has 0 unspecified atom stereocenters. The number of benzene rings is 1. The molecule has 0 bridgehead atoms. The van der Waals surface area contributed by atoms with Gasteiger partial charge in [0.05, 0.1) is 24.7 Å². The average molecular weight is 363 g/mol. The summed E-state index contributed by atoms with van der Waals surface area (Å²) in [6.07, 6.45) is 1.91. The Labute approximate surface area is 155 Å². The highest BCUT2D eigenvalue weighted by Crippen LogP contribution is 2.15. The summed E-state index contributed by atoms with van der Waals surface area (Å²) in [6.45, 7) is 4.83. The van der Waals surface area contributed by atoms with Gasteiger partial charge in [0.15, 0.2) is 5.96 Å². The van der Waals surface area contributed by atoms with Gasteiger partial charge >= 0.3 is 0 Å². The number of rotatable bonds is 7. The van der Waals surface area contributed by atoms with Crippen molar-refractivity contribution in [2.75, 3.05) is 20.7 Å². The SMILES string of the molecule is CCNC(=NCc1ccccc1COC)N(C)Cc1cc(Cl)cn1C. The number of nitrogens with one attached hydrogen (secondary N) is 1. The maximum Gasteiger partial charge on any atom is 0.194 e. The smallest absolute Gasteiger partial charge is 0.194 e. The van der Waals surface area contributed by atoms with Crippen LogP contribution < -0.4 is 5.32 Å². The van der Waals surface area contributed by atoms with E-state index in [-0.39, 0.29) is 0 Å². The molecule has 2 aromatic rings. The molecule has 25 heavy (non-hydrogen) atoms. The molecular weight excluding hydrogens is 336 g/mol. The van der Waals surface area contributed by atoms with E-state index in [1.54, 1.807) is 7.11 Å². The highest BCUT2D eigenvalue weighted by molar-refractivity contribution is 6.30. The van der Waals surface area contributed by atoms with E-state index in [9.17, 15) is 0 Å². The molecule has 0 amide bonds. The van der Waals surface area contributed by atoms with Gasteiger partial charge in [-0.05, 0) is 24.1 Å². The van der Waals surface area contributed by atoms with Crippen molar-refractivity contribution in [3.63, 3.8) is 0 Å². The van der Waals surface area contributed by atoms with Crippen LogP contribution in [0, 0.1) is 0 Å². The summed E-state index contributed by atoms with van der Waals surface area (Å²) in [7, 11) is 5.74. The number of aromatic nitrogens is 1. The van der Waals surface area contributed by atoms with Gasteiger partial charge in [0, 0.05) is 39.6 Å². The first-order chi connectivity index (χ1) is 12.0. The maximum atomic E-state index is 6.08. The van der Waals surface area contributed by atoms with E-state index in [1.807, 2.05) is 43.1 Å². The zero-order valence-electron chi connectivity index (χ0n) is 15.4. The monoisotopic (exact) mass is 362 g/mol. The number of aliphatic imine (C=N–C) groups is 1. The van der Waals surface area contributed by atoms with Gasteiger partial charge in [-0.1, -0.05) is 35.9 Å². The molecule has 0 aliphatic carbocycles. The van der Waals surface area contributed by atoms with Gasteiger partial charge in [0.25, 0.3) is 0 Å². The molecule has 0 aliphatic rings. The minimum Gasteiger partial charge on any atom is -0.380 e. The van der Waals surface area contributed by atoms with Crippen LogP contribution in [0.1, 0.15) is 23.7 Å². The minimum absolute atomic E-state index is 0.597. The topological polar surface area (TPSA) is 41.8 Å². The highest BCUT2D eigenvalue weighted by Gasteiger charge is 2.10. The third-order valence-electron chi connectivity index (χ3n) is 3.99. The maximum absolute atomic E-state index is 6.08. The second-order valence-corrected chi connectivity index (χ2v) is 6.42. The molecule has 0 atom stereocenters. The lowest BCUT2D eigenvalue weighted by Crippen LogP contribution is -2.38. The minimum atomic E-state index is 0.597. The molecule has 136 valence electrons. The molecule has 0 aliphatic heterocycles. The Bertz CT molecular complexity index is 711. The van der Waals surface area contributed by atoms with E-state index in [0.29, 0.717) is 13.2 Å². The average Bonchev–Trinajstić information content (AvgIpc) is 2.90. The largest absolute Gasteiger partial charge is 0.380 e. The predicted molar refractivity (Wildman–Crippen MR) is 104 cm³/mol. The molecule has 0 radical (unpaired) electrons. The van der Waals surface area contributed by atoms with Crippen LogP contribution in [-0.4, -0.2) is 36.1 Å². The van der Waals surface area contributed by atoms with Crippen molar-refractivity contribution in [3.8, 4) is 0 Å². The van der Waals surface area contributed by atoms with E-state index in [4.69, 9.17) is 21.3 Å². The molecule has 6 heteroatoms. The quantitative estimate of drug-likeness (QED) is 0.606. The summed E-state index contributed by atoms with van der Waals surface area (Å²) in [5.41, 5.74) is 3.48.